The van der Waals surface area contributed by atoms with Crippen molar-refractivity contribution in [3.05, 3.63) is 45.7 Å². The SMILES string of the molecule is COC(=O)c1c[nH]c2c(C(C)C)cccc2c1=O. The number of nitrogens with one attached hydrogen (secondary N) is 1. The molecule has 0 radical (unpaired) electrons. The standard InChI is InChI=1S/C14H15NO3/c1-8(2)9-5-4-6-10-12(9)15-7-11(13(10)16)14(17)18-3/h4-8H,1-3H3,(H,15,16). The molecule has 2 rings (SSSR count). The van der Waals surface area contributed by atoms with Crippen LogP contribution in [0.4, 0.5) is 0 Å². The number of aromatic amines is 1. The number of benzene rings is 1. The van der Waals surface area contributed by atoms with Gasteiger partial charge < -0.3 is 9.72 Å². The van der Waals surface area contributed by atoms with E-state index in [1.165, 1.54) is 13.3 Å². The molecule has 0 aliphatic heterocycles. The fraction of sp³-hybridized carbons (Fsp3) is 0.286. The molecule has 0 amide bonds. The molecule has 0 spiro atoms. The molecule has 0 aliphatic rings. The van der Waals surface area contributed by atoms with Crippen LogP contribution in [-0.2, 0) is 4.74 Å². The number of pyridine rings is 1. The molecule has 1 aromatic carbocycles. The maximum absolute atomic E-state index is 12.2. The Bertz CT molecular complexity index is 656. The Morgan fingerprint density at radius 2 is 2.06 bits per heavy atom. The van der Waals surface area contributed by atoms with E-state index in [9.17, 15) is 9.59 Å². The maximum Gasteiger partial charge on any atom is 0.343 e. The second kappa shape index (κ2) is 4.64. The molecule has 18 heavy (non-hydrogen) atoms. The van der Waals surface area contributed by atoms with Gasteiger partial charge in [0.2, 0.25) is 5.43 Å². The molecule has 0 fully saturated rings. The second-order valence-corrected chi connectivity index (χ2v) is 4.45. The third-order valence-electron chi connectivity index (χ3n) is 2.97. The minimum atomic E-state index is -0.617. The molecule has 1 aromatic heterocycles. The molecule has 0 atom stereocenters. The summed E-state index contributed by atoms with van der Waals surface area (Å²) in [6, 6.07) is 5.52. The van der Waals surface area contributed by atoms with E-state index in [1.54, 1.807) is 6.07 Å². The van der Waals surface area contributed by atoms with E-state index < -0.39 is 5.97 Å². The Morgan fingerprint density at radius 1 is 1.33 bits per heavy atom. The summed E-state index contributed by atoms with van der Waals surface area (Å²) in [6.07, 6.45) is 1.42. The van der Waals surface area contributed by atoms with Crippen LogP contribution in [0.5, 0.6) is 0 Å². The summed E-state index contributed by atoms with van der Waals surface area (Å²) in [5.41, 5.74) is 1.58. The molecule has 1 heterocycles. The normalized spacial score (nSPS) is 10.9. The van der Waals surface area contributed by atoms with Crippen LogP contribution in [0.15, 0.2) is 29.2 Å². The van der Waals surface area contributed by atoms with Crippen molar-refractivity contribution in [3.63, 3.8) is 0 Å². The molecule has 94 valence electrons. The fourth-order valence-corrected chi connectivity index (χ4v) is 2.02. The van der Waals surface area contributed by atoms with Gasteiger partial charge >= 0.3 is 5.97 Å². The minimum absolute atomic E-state index is 0.0332. The number of ether oxygens (including phenoxy) is 1. The summed E-state index contributed by atoms with van der Waals surface area (Å²) < 4.78 is 4.58. The van der Waals surface area contributed by atoms with E-state index >= 15 is 0 Å². The quantitative estimate of drug-likeness (QED) is 0.827. The zero-order valence-corrected chi connectivity index (χ0v) is 10.6. The summed E-state index contributed by atoms with van der Waals surface area (Å²) in [5, 5.41) is 0.518. The average Bonchev–Trinajstić information content (AvgIpc) is 2.37. The average molecular weight is 245 g/mol. The number of para-hydroxylation sites is 1. The van der Waals surface area contributed by atoms with Crippen LogP contribution in [0, 0.1) is 0 Å². The largest absolute Gasteiger partial charge is 0.465 e. The van der Waals surface area contributed by atoms with E-state index in [4.69, 9.17) is 0 Å². The number of aromatic nitrogens is 1. The third-order valence-corrected chi connectivity index (χ3v) is 2.97. The van der Waals surface area contributed by atoms with Crippen LogP contribution >= 0.6 is 0 Å². The molecule has 2 aromatic rings. The highest BCUT2D eigenvalue weighted by atomic mass is 16.5. The molecule has 0 saturated heterocycles. The van der Waals surface area contributed by atoms with Crippen molar-refractivity contribution in [1.82, 2.24) is 4.98 Å². The Morgan fingerprint density at radius 3 is 2.67 bits per heavy atom. The summed E-state index contributed by atoms with van der Waals surface area (Å²) in [5.74, 6) is -0.318. The van der Waals surface area contributed by atoms with Crippen LogP contribution in [0.1, 0.15) is 35.7 Å². The van der Waals surface area contributed by atoms with Crippen molar-refractivity contribution < 1.29 is 9.53 Å². The van der Waals surface area contributed by atoms with Crippen molar-refractivity contribution in [2.24, 2.45) is 0 Å². The minimum Gasteiger partial charge on any atom is -0.465 e. The van der Waals surface area contributed by atoms with E-state index in [2.05, 4.69) is 23.6 Å². The highest BCUT2D eigenvalue weighted by molar-refractivity contribution is 5.94. The van der Waals surface area contributed by atoms with Gasteiger partial charge in [-0.05, 0) is 17.5 Å². The van der Waals surface area contributed by atoms with E-state index in [-0.39, 0.29) is 11.0 Å². The molecule has 0 unspecified atom stereocenters. The number of hydrogen-bond donors (Lipinski definition) is 1. The first-order valence-corrected chi connectivity index (χ1v) is 5.79. The van der Waals surface area contributed by atoms with Gasteiger partial charge in [0.25, 0.3) is 0 Å². The van der Waals surface area contributed by atoms with Gasteiger partial charge in [-0.25, -0.2) is 4.79 Å². The molecule has 0 aliphatic carbocycles. The van der Waals surface area contributed by atoms with Crippen LogP contribution in [0.25, 0.3) is 10.9 Å². The molecule has 0 saturated carbocycles. The lowest BCUT2D eigenvalue weighted by atomic mass is 9.99. The van der Waals surface area contributed by atoms with Crippen molar-refractivity contribution >= 4 is 16.9 Å². The number of H-pyrrole nitrogens is 1. The van der Waals surface area contributed by atoms with Crippen molar-refractivity contribution in [1.29, 1.82) is 0 Å². The van der Waals surface area contributed by atoms with Gasteiger partial charge in [-0.3, -0.25) is 4.79 Å². The lowest BCUT2D eigenvalue weighted by Gasteiger charge is -2.10. The monoisotopic (exact) mass is 245 g/mol. The van der Waals surface area contributed by atoms with E-state index in [0.717, 1.165) is 11.1 Å². The van der Waals surface area contributed by atoms with Crippen LogP contribution < -0.4 is 5.43 Å². The summed E-state index contributed by atoms with van der Waals surface area (Å²) in [6.45, 7) is 4.11. The molecule has 4 nitrogen and oxygen atoms in total. The smallest absolute Gasteiger partial charge is 0.343 e. The molecular weight excluding hydrogens is 230 g/mol. The third kappa shape index (κ3) is 1.90. The van der Waals surface area contributed by atoms with Gasteiger partial charge in [-0.1, -0.05) is 26.0 Å². The number of carbonyl (C=O) groups is 1. The Labute approximate surface area is 105 Å². The van der Waals surface area contributed by atoms with Crippen LogP contribution in [0.2, 0.25) is 0 Å². The number of fused-ring (bicyclic) bond motifs is 1. The van der Waals surface area contributed by atoms with Gasteiger partial charge in [0.05, 0.1) is 12.6 Å². The molecule has 0 bridgehead atoms. The van der Waals surface area contributed by atoms with Gasteiger partial charge in [-0.2, -0.15) is 0 Å². The number of carbonyl (C=O) groups excluding carboxylic acids is 1. The van der Waals surface area contributed by atoms with Crippen LogP contribution in [-0.4, -0.2) is 18.1 Å². The predicted molar refractivity (Wildman–Crippen MR) is 70.0 cm³/mol. The van der Waals surface area contributed by atoms with Crippen molar-refractivity contribution in [2.45, 2.75) is 19.8 Å². The summed E-state index contributed by atoms with van der Waals surface area (Å²) in [4.78, 5) is 26.7. The van der Waals surface area contributed by atoms with E-state index in [0.29, 0.717) is 11.3 Å². The van der Waals surface area contributed by atoms with Gasteiger partial charge in [0, 0.05) is 11.6 Å². The van der Waals surface area contributed by atoms with Gasteiger partial charge in [0.1, 0.15) is 5.56 Å². The number of methoxy groups -OCH3 is 1. The Balaban J connectivity index is 2.78. The van der Waals surface area contributed by atoms with Gasteiger partial charge in [0.15, 0.2) is 0 Å². The maximum atomic E-state index is 12.2. The molecule has 4 heteroatoms. The van der Waals surface area contributed by atoms with Gasteiger partial charge in [-0.15, -0.1) is 0 Å². The van der Waals surface area contributed by atoms with E-state index in [1.807, 2.05) is 12.1 Å². The second-order valence-electron chi connectivity index (χ2n) is 4.45. The lowest BCUT2D eigenvalue weighted by Crippen LogP contribution is -2.17. The highest BCUT2D eigenvalue weighted by Crippen LogP contribution is 2.21. The van der Waals surface area contributed by atoms with Crippen molar-refractivity contribution in [2.75, 3.05) is 7.11 Å². The summed E-state index contributed by atoms with van der Waals surface area (Å²) in [7, 11) is 1.26. The number of hydrogen-bond acceptors (Lipinski definition) is 3. The zero-order valence-electron chi connectivity index (χ0n) is 10.6. The first-order chi connectivity index (χ1) is 8.56. The Hall–Kier alpha value is -2.10. The zero-order chi connectivity index (χ0) is 13.3. The van der Waals surface area contributed by atoms with Crippen molar-refractivity contribution in [3.8, 4) is 0 Å². The topological polar surface area (TPSA) is 59.2 Å². The Kier molecular flexibility index (Phi) is 3.19. The predicted octanol–water partition coefficient (Wildman–Crippen LogP) is 2.44. The first kappa shape index (κ1) is 12.4. The molecular formula is C14H15NO3. The number of rotatable bonds is 2. The highest BCUT2D eigenvalue weighted by Gasteiger charge is 2.15. The van der Waals surface area contributed by atoms with Crippen LogP contribution in [0.3, 0.4) is 0 Å². The lowest BCUT2D eigenvalue weighted by molar-refractivity contribution is 0.0599. The number of esters is 1. The summed E-state index contributed by atoms with van der Waals surface area (Å²) >= 11 is 0. The fourth-order valence-electron chi connectivity index (χ4n) is 2.02. The molecule has 1 N–H and O–H groups in total. The first-order valence-electron chi connectivity index (χ1n) is 5.79.